The number of nitrogens with zero attached hydrogens (tertiary/aromatic N) is 2. The summed E-state index contributed by atoms with van der Waals surface area (Å²) < 4.78 is 5.54. The van der Waals surface area contributed by atoms with Gasteiger partial charge in [-0.15, -0.1) is 0 Å². The van der Waals surface area contributed by atoms with Gasteiger partial charge in [-0.25, -0.2) is 4.79 Å². The summed E-state index contributed by atoms with van der Waals surface area (Å²) in [5, 5.41) is 24.6. The molecule has 2 N–H and O–H groups in total. The number of benzene rings is 2. The van der Waals surface area contributed by atoms with Crippen molar-refractivity contribution in [2.75, 3.05) is 12.1 Å². The van der Waals surface area contributed by atoms with Crippen LogP contribution < -0.4 is 9.75 Å². The van der Waals surface area contributed by atoms with Crippen LogP contribution in [0.3, 0.4) is 0 Å². The highest BCUT2D eigenvalue weighted by molar-refractivity contribution is 9.10. The SMILES string of the molecule is COc1cc(/C=C2\C(=O)N(c3ccc(Cl)c(C(=O)O)c3)N=C2C)cc(Br)c1O. The monoisotopic (exact) mass is 464 g/mol. The van der Waals surface area contributed by atoms with E-state index in [1.807, 2.05) is 0 Å². The number of halogens is 2. The number of carboxylic acids is 1. The summed E-state index contributed by atoms with van der Waals surface area (Å²) in [6.07, 6.45) is 1.61. The summed E-state index contributed by atoms with van der Waals surface area (Å²) in [7, 11) is 1.42. The van der Waals surface area contributed by atoms with Gasteiger partial charge in [0.1, 0.15) is 0 Å². The minimum absolute atomic E-state index is 0.0446. The molecule has 0 bridgehead atoms. The summed E-state index contributed by atoms with van der Waals surface area (Å²) >= 11 is 9.13. The predicted molar refractivity (Wildman–Crippen MR) is 109 cm³/mol. The predicted octanol–water partition coefficient (Wildman–Crippen LogP) is 4.32. The Morgan fingerprint density at radius 3 is 2.68 bits per heavy atom. The van der Waals surface area contributed by atoms with E-state index in [4.69, 9.17) is 16.3 Å². The van der Waals surface area contributed by atoms with Gasteiger partial charge in [0.2, 0.25) is 0 Å². The average molecular weight is 466 g/mol. The van der Waals surface area contributed by atoms with Gasteiger partial charge in [-0.05, 0) is 64.8 Å². The Bertz CT molecular complexity index is 1060. The molecule has 1 amide bonds. The molecular formula is C19H14BrClN2O5. The molecule has 0 saturated heterocycles. The number of hydrogen-bond donors (Lipinski definition) is 2. The van der Waals surface area contributed by atoms with Crippen molar-refractivity contribution < 1.29 is 24.5 Å². The maximum absolute atomic E-state index is 12.9. The number of hydrazone groups is 1. The van der Waals surface area contributed by atoms with Gasteiger partial charge in [0, 0.05) is 0 Å². The zero-order valence-electron chi connectivity index (χ0n) is 14.7. The van der Waals surface area contributed by atoms with Crippen molar-refractivity contribution in [2.45, 2.75) is 6.92 Å². The Balaban J connectivity index is 2.00. The van der Waals surface area contributed by atoms with Gasteiger partial charge >= 0.3 is 5.97 Å². The first-order chi connectivity index (χ1) is 13.2. The molecule has 1 aliphatic heterocycles. The molecule has 144 valence electrons. The Labute approximate surface area is 173 Å². The lowest BCUT2D eigenvalue weighted by molar-refractivity contribution is -0.114. The number of anilines is 1. The second-order valence-electron chi connectivity index (χ2n) is 5.88. The molecule has 7 nitrogen and oxygen atoms in total. The molecule has 9 heteroatoms. The third-order valence-electron chi connectivity index (χ3n) is 4.07. The molecule has 1 aliphatic rings. The summed E-state index contributed by atoms with van der Waals surface area (Å²) in [6.45, 7) is 1.67. The molecular weight excluding hydrogens is 452 g/mol. The van der Waals surface area contributed by atoms with E-state index in [0.29, 0.717) is 27.0 Å². The number of amides is 1. The van der Waals surface area contributed by atoms with E-state index in [2.05, 4.69) is 21.0 Å². The molecule has 0 radical (unpaired) electrons. The Kier molecular flexibility index (Phi) is 5.44. The van der Waals surface area contributed by atoms with Gasteiger partial charge in [-0.1, -0.05) is 11.6 Å². The van der Waals surface area contributed by atoms with Crippen LogP contribution in [0.5, 0.6) is 11.5 Å². The standard InChI is InChI=1S/C19H14BrClN2O5/c1-9-12(5-10-6-14(20)17(24)16(7-10)28-2)18(25)23(22-9)11-3-4-15(21)13(8-11)19(26)27/h3-8,24H,1-2H3,(H,26,27)/b12-5-. The molecule has 0 aromatic heterocycles. The minimum Gasteiger partial charge on any atom is -0.503 e. The topological polar surface area (TPSA) is 99.4 Å². The van der Waals surface area contributed by atoms with Crippen molar-refractivity contribution in [1.82, 2.24) is 0 Å². The third kappa shape index (κ3) is 3.61. The maximum atomic E-state index is 12.9. The van der Waals surface area contributed by atoms with E-state index in [-0.39, 0.29) is 22.1 Å². The first-order valence-corrected chi connectivity index (χ1v) is 9.11. The number of aromatic carboxylic acids is 1. The first kappa shape index (κ1) is 19.9. The summed E-state index contributed by atoms with van der Waals surface area (Å²) in [4.78, 5) is 24.2. The highest BCUT2D eigenvalue weighted by Crippen LogP contribution is 2.36. The zero-order valence-corrected chi connectivity index (χ0v) is 17.1. The lowest BCUT2D eigenvalue weighted by Gasteiger charge is -2.13. The van der Waals surface area contributed by atoms with Gasteiger partial charge in [0.15, 0.2) is 11.5 Å². The molecule has 1 heterocycles. The van der Waals surface area contributed by atoms with Crippen molar-refractivity contribution in [3.63, 3.8) is 0 Å². The van der Waals surface area contributed by atoms with Crippen LogP contribution in [0, 0.1) is 0 Å². The normalized spacial score (nSPS) is 15.1. The molecule has 0 aliphatic carbocycles. The fourth-order valence-electron chi connectivity index (χ4n) is 2.67. The molecule has 0 saturated carbocycles. The lowest BCUT2D eigenvalue weighted by atomic mass is 10.1. The maximum Gasteiger partial charge on any atom is 0.337 e. The molecule has 3 rings (SSSR count). The molecule has 28 heavy (non-hydrogen) atoms. The molecule has 0 spiro atoms. The number of hydrogen-bond acceptors (Lipinski definition) is 5. The van der Waals surface area contributed by atoms with Crippen LogP contribution in [-0.4, -0.2) is 34.9 Å². The zero-order chi connectivity index (χ0) is 20.6. The van der Waals surface area contributed by atoms with Gasteiger partial charge in [-0.2, -0.15) is 10.1 Å². The number of carboxylic acid groups (broad SMARTS) is 1. The first-order valence-electron chi connectivity index (χ1n) is 7.94. The number of rotatable bonds is 4. The van der Waals surface area contributed by atoms with Crippen molar-refractivity contribution in [3.05, 3.63) is 56.5 Å². The summed E-state index contributed by atoms with van der Waals surface area (Å²) in [6, 6.07) is 7.44. The number of methoxy groups -OCH3 is 1. The highest BCUT2D eigenvalue weighted by atomic mass is 79.9. The molecule has 0 fully saturated rings. The van der Waals surface area contributed by atoms with Crippen LogP contribution in [0.15, 0.2) is 45.5 Å². The number of carbonyl (C=O) groups excluding carboxylic acids is 1. The van der Waals surface area contributed by atoms with Crippen LogP contribution in [0.25, 0.3) is 6.08 Å². The molecule has 2 aromatic carbocycles. The summed E-state index contributed by atoms with van der Waals surface area (Å²) in [5.74, 6) is -1.41. The van der Waals surface area contributed by atoms with E-state index in [1.54, 1.807) is 25.1 Å². The Morgan fingerprint density at radius 1 is 1.32 bits per heavy atom. The van der Waals surface area contributed by atoms with E-state index in [0.717, 1.165) is 5.01 Å². The average Bonchev–Trinajstić information content (AvgIpc) is 2.92. The van der Waals surface area contributed by atoms with E-state index in [9.17, 15) is 19.8 Å². The minimum atomic E-state index is -1.20. The molecule has 0 unspecified atom stereocenters. The van der Waals surface area contributed by atoms with Gasteiger partial charge in [-0.3, -0.25) is 4.79 Å². The second-order valence-corrected chi connectivity index (χ2v) is 7.14. The molecule has 0 atom stereocenters. The third-order valence-corrected chi connectivity index (χ3v) is 5.00. The Morgan fingerprint density at radius 2 is 2.04 bits per heavy atom. The van der Waals surface area contributed by atoms with Gasteiger partial charge in [0.05, 0.1) is 39.1 Å². The van der Waals surface area contributed by atoms with E-state index < -0.39 is 11.9 Å². The number of carbonyl (C=O) groups is 2. The lowest BCUT2D eigenvalue weighted by Crippen LogP contribution is -2.21. The van der Waals surface area contributed by atoms with Crippen LogP contribution >= 0.6 is 27.5 Å². The largest absolute Gasteiger partial charge is 0.503 e. The quantitative estimate of drug-likeness (QED) is 0.655. The van der Waals surface area contributed by atoms with E-state index in [1.165, 1.54) is 25.3 Å². The van der Waals surface area contributed by atoms with Crippen LogP contribution in [0.2, 0.25) is 5.02 Å². The number of aromatic hydroxyl groups is 1. The van der Waals surface area contributed by atoms with E-state index >= 15 is 0 Å². The fourth-order valence-corrected chi connectivity index (χ4v) is 3.33. The fraction of sp³-hybridized carbons (Fsp3) is 0.105. The van der Waals surface area contributed by atoms with Gasteiger partial charge < -0.3 is 14.9 Å². The van der Waals surface area contributed by atoms with Crippen molar-refractivity contribution >= 4 is 56.9 Å². The second kappa shape index (κ2) is 7.65. The molecule has 2 aromatic rings. The smallest absolute Gasteiger partial charge is 0.337 e. The van der Waals surface area contributed by atoms with Crippen LogP contribution in [0.4, 0.5) is 5.69 Å². The van der Waals surface area contributed by atoms with Crippen LogP contribution in [0.1, 0.15) is 22.8 Å². The number of phenols is 1. The van der Waals surface area contributed by atoms with Crippen molar-refractivity contribution in [1.29, 1.82) is 0 Å². The van der Waals surface area contributed by atoms with Crippen molar-refractivity contribution in [3.8, 4) is 11.5 Å². The van der Waals surface area contributed by atoms with Crippen LogP contribution in [-0.2, 0) is 4.79 Å². The highest BCUT2D eigenvalue weighted by Gasteiger charge is 2.29. The number of ether oxygens (including phenoxy) is 1. The number of phenolic OH excluding ortho intramolecular Hbond substituents is 1. The van der Waals surface area contributed by atoms with Gasteiger partial charge in [0.25, 0.3) is 5.91 Å². The van der Waals surface area contributed by atoms with Crippen molar-refractivity contribution in [2.24, 2.45) is 5.10 Å². The Hall–Kier alpha value is -2.84. The summed E-state index contributed by atoms with van der Waals surface area (Å²) in [5.41, 5.74) is 1.57.